The Bertz CT molecular complexity index is 1270. The van der Waals surface area contributed by atoms with Crippen molar-refractivity contribution in [2.75, 3.05) is 24.5 Å². The zero-order valence-electron chi connectivity index (χ0n) is 17.7. The average Bonchev–Trinajstić information content (AvgIpc) is 3.38. The number of aromatic nitrogens is 4. The van der Waals surface area contributed by atoms with Crippen LogP contribution in [0.25, 0.3) is 11.1 Å². The largest absolute Gasteiger partial charge is 0.405 e. The van der Waals surface area contributed by atoms with Crippen LogP contribution in [0.2, 0.25) is 0 Å². The highest BCUT2D eigenvalue weighted by molar-refractivity contribution is 5.95. The third-order valence-electron chi connectivity index (χ3n) is 5.66. The average molecular weight is 479 g/mol. The SMILES string of the molecule is Cc1[nH]ncc1-c1cnn(C2(CC#N)CN(c3cc(F)c(C(=O)NCC(F)(F)F)cc3F)C2)c1. The van der Waals surface area contributed by atoms with Gasteiger partial charge in [0.25, 0.3) is 5.91 Å². The topological polar surface area (TPSA) is 103 Å². The predicted molar refractivity (Wildman–Crippen MR) is 110 cm³/mol. The molecule has 1 saturated heterocycles. The summed E-state index contributed by atoms with van der Waals surface area (Å²) in [6, 6.07) is 3.42. The highest BCUT2D eigenvalue weighted by atomic mass is 19.4. The smallest absolute Gasteiger partial charge is 0.364 e. The normalized spacial score (nSPS) is 15.0. The van der Waals surface area contributed by atoms with E-state index in [1.807, 2.05) is 6.92 Å². The summed E-state index contributed by atoms with van der Waals surface area (Å²) in [6.45, 7) is 0.436. The Hall–Kier alpha value is -3.95. The molecule has 3 heterocycles. The lowest BCUT2D eigenvalue weighted by Crippen LogP contribution is -2.63. The second-order valence-corrected chi connectivity index (χ2v) is 8.08. The first kappa shape index (κ1) is 23.2. The zero-order chi connectivity index (χ0) is 24.7. The van der Waals surface area contributed by atoms with Crippen LogP contribution in [0.5, 0.6) is 0 Å². The van der Waals surface area contributed by atoms with Crippen molar-refractivity contribution in [1.29, 1.82) is 5.26 Å². The van der Waals surface area contributed by atoms with Crippen molar-refractivity contribution in [3.63, 3.8) is 0 Å². The van der Waals surface area contributed by atoms with E-state index in [1.165, 1.54) is 10.2 Å². The molecule has 0 saturated carbocycles. The van der Waals surface area contributed by atoms with E-state index >= 15 is 0 Å². The number of anilines is 1. The van der Waals surface area contributed by atoms with E-state index in [0.717, 1.165) is 22.9 Å². The van der Waals surface area contributed by atoms with Crippen LogP contribution < -0.4 is 10.2 Å². The van der Waals surface area contributed by atoms with Gasteiger partial charge in [0.05, 0.1) is 36.1 Å². The molecule has 1 aromatic carbocycles. The van der Waals surface area contributed by atoms with E-state index in [2.05, 4.69) is 21.4 Å². The number of alkyl halides is 3. The molecule has 3 aromatic rings. The van der Waals surface area contributed by atoms with Crippen molar-refractivity contribution in [2.45, 2.75) is 25.1 Å². The van der Waals surface area contributed by atoms with Gasteiger partial charge < -0.3 is 10.2 Å². The van der Waals surface area contributed by atoms with Gasteiger partial charge in [0.2, 0.25) is 0 Å². The van der Waals surface area contributed by atoms with E-state index in [-0.39, 0.29) is 25.2 Å². The summed E-state index contributed by atoms with van der Waals surface area (Å²) in [7, 11) is 0. The molecule has 0 aliphatic carbocycles. The van der Waals surface area contributed by atoms with Gasteiger partial charge in [-0.15, -0.1) is 0 Å². The molecule has 1 aliphatic heterocycles. The van der Waals surface area contributed by atoms with Crippen LogP contribution in [-0.4, -0.2) is 51.7 Å². The summed E-state index contributed by atoms with van der Waals surface area (Å²) in [6.07, 6.45) is 0.378. The van der Waals surface area contributed by atoms with Gasteiger partial charge in [-0.1, -0.05) is 0 Å². The van der Waals surface area contributed by atoms with Crippen molar-refractivity contribution in [2.24, 2.45) is 0 Å². The lowest BCUT2D eigenvalue weighted by molar-refractivity contribution is -0.123. The number of nitrogens with one attached hydrogen (secondary N) is 2. The number of benzene rings is 1. The third-order valence-corrected chi connectivity index (χ3v) is 5.66. The summed E-state index contributed by atoms with van der Waals surface area (Å²) >= 11 is 0. The number of aromatic amines is 1. The highest BCUT2D eigenvalue weighted by Gasteiger charge is 2.46. The van der Waals surface area contributed by atoms with Crippen LogP contribution in [0.4, 0.5) is 27.6 Å². The van der Waals surface area contributed by atoms with Gasteiger partial charge in [-0.2, -0.15) is 28.6 Å². The number of carbonyl (C=O) groups excluding carboxylic acids is 1. The molecular formula is C21H18F5N7O. The Morgan fingerprint density at radius 1 is 1.26 bits per heavy atom. The predicted octanol–water partition coefficient (Wildman–Crippen LogP) is 3.28. The third kappa shape index (κ3) is 4.30. The number of halogens is 5. The number of nitriles is 1. The highest BCUT2D eigenvalue weighted by Crippen LogP contribution is 2.38. The molecule has 13 heteroatoms. The molecule has 0 radical (unpaired) electrons. The van der Waals surface area contributed by atoms with Gasteiger partial charge in [-0.3, -0.25) is 14.6 Å². The van der Waals surface area contributed by atoms with Crippen LogP contribution in [0.3, 0.4) is 0 Å². The fourth-order valence-corrected chi connectivity index (χ4v) is 3.91. The molecule has 8 nitrogen and oxygen atoms in total. The van der Waals surface area contributed by atoms with E-state index in [9.17, 15) is 32.0 Å². The van der Waals surface area contributed by atoms with Crippen LogP contribution in [-0.2, 0) is 5.54 Å². The Morgan fingerprint density at radius 3 is 2.62 bits per heavy atom. The summed E-state index contributed by atoms with van der Waals surface area (Å²) in [5.41, 5.74) is 0.644. The van der Waals surface area contributed by atoms with E-state index < -0.39 is 41.4 Å². The van der Waals surface area contributed by atoms with E-state index in [0.29, 0.717) is 6.07 Å². The van der Waals surface area contributed by atoms with Crippen molar-refractivity contribution in [3.8, 4) is 17.2 Å². The van der Waals surface area contributed by atoms with E-state index in [1.54, 1.807) is 23.3 Å². The number of carbonyl (C=O) groups is 1. The molecule has 4 rings (SSSR count). The minimum absolute atomic E-state index is 0.0526. The van der Waals surface area contributed by atoms with Crippen molar-refractivity contribution < 1.29 is 26.7 Å². The molecule has 0 bridgehead atoms. The fourth-order valence-electron chi connectivity index (χ4n) is 3.91. The van der Waals surface area contributed by atoms with Crippen molar-refractivity contribution >= 4 is 11.6 Å². The molecule has 34 heavy (non-hydrogen) atoms. The lowest BCUT2D eigenvalue weighted by atomic mass is 9.86. The number of nitrogens with zero attached hydrogens (tertiary/aromatic N) is 5. The second kappa shape index (κ2) is 8.44. The summed E-state index contributed by atoms with van der Waals surface area (Å²) in [4.78, 5) is 13.3. The van der Waals surface area contributed by atoms with Crippen molar-refractivity contribution in [3.05, 3.63) is 53.6 Å². The van der Waals surface area contributed by atoms with Crippen LogP contribution in [0.15, 0.2) is 30.7 Å². The molecule has 178 valence electrons. The number of rotatable bonds is 6. The van der Waals surface area contributed by atoms with Gasteiger partial charge in [0.1, 0.15) is 23.7 Å². The van der Waals surface area contributed by atoms with Gasteiger partial charge in [0.15, 0.2) is 0 Å². The maximum atomic E-state index is 14.7. The summed E-state index contributed by atoms with van der Waals surface area (Å²) in [5.74, 6) is -3.51. The minimum Gasteiger partial charge on any atom is -0.364 e. The summed E-state index contributed by atoms with van der Waals surface area (Å²) in [5, 5.41) is 22.0. The second-order valence-electron chi connectivity index (χ2n) is 8.08. The number of hydrogen-bond donors (Lipinski definition) is 2. The minimum atomic E-state index is -4.69. The number of amides is 1. The quantitative estimate of drug-likeness (QED) is 0.529. The standard InChI is InChI=1S/C21H18F5N7O/c1-12-15(7-29-31-12)13-6-30-33(8-13)20(2-3-27)10-32(11-20)18-5-16(22)14(4-17(18)23)19(34)28-9-21(24,25)26/h4-8H,2,9-11H2,1H3,(H,28,34)(H,29,31). The Balaban J connectivity index is 1.53. The first-order valence-electron chi connectivity index (χ1n) is 10.0. The Morgan fingerprint density at radius 2 is 2.00 bits per heavy atom. The zero-order valence-corrected chi connectivity index (χ0v) is 17.7. The van der Waals surface area contributed by atoms with Crippen LogP contribution in [0, 0.1) is 29.9 Å². The maximum absolute atomic E-state index is 14.7. The molecule has 1 fully saturated rings. The van der Waals surface area contributed by atoms with Gasteiger partial charge in [-0.05, 0) is 13.0 Å². The molecule has 0 unspecified atom stereocenters. The number of H-pyrrole nitrogens is 1. The first-order chi connectivity index (χ1) is 16.0. The molecule has 2 aromatic heterocycles. The molecule has 0 atom stereocenters. The molecule has 1 amide bonds. The van der Waals surface area contributed by atoms with Crippen LogP contribution >= 0.6 is 0 Å². The molecule has 2 N–H and O–H groups in total. The van der Waals surface area contributed by atoms with Crippen LogP contribution in [0.1, 0.15) is 22.5 Å². The molecule has 0 spiro atoms. The Labute approximate surface area is 190 Å². The Kier molecular flexibility index (Phi) is 5.76. The number of hydrogen-bond acceptors (Lipinski definition) is 5. The van der Waals surface area contributed by atoms with Gasteiger partial charge >= 0.3 is 6.18 Å². The van der Waals surface area contributed by atoms with Gasteiger partial charge in [-0.25, -0.2) is 8.78 Å². The lowest BCUT2D eigenvalue weighted by Gasteiger charge is -2.50. The van der Waals surface area contributed by atoms with Crippen molar-refractivity contribution in [1.82, 2.24) is 25.3 Å². The summed E-state index contributed by atoms with van der Waals surface area (Å²) < 4.78 is 67.6. The van der Waals surface area contributed by atoms with E-state index in [4.69, 9.17) is 0 Å². The fraction of sp³-hybridized carbons (Fsp3) is 0.333. The van der Waals surface area contributed by atoms with Gasteiger partial charge in [0, 0.05) is 42.2 Å². The maximum Gasteiger partial charge on any atom is 0.405 e. The monoisotopic (exact) mass is 479 g/mol. The number of aryl methyl sites for hydroxylation is 1. The first-order valence-corrected chi connectivity index (χ1v) is 10.0. The molecular weight excluding hydrogens is 461 g/mol. The molecule has 1 aliphatic rings.